The van der Waals surface area contributed by atoms with Gasteiger partial charge in [-0.2, -0.15) is 0 Å². The van der Waals surface area contributed by atoms with E-state index in [1.54, 1.807) is 0 Å². The number of ether oxygens (including phenoxy) is 2. The Morgan fingerprint density at radius 1 is 1.04 bits per heavy atom. The highest BCUT2D eigenvalue weighted by Gasteiger charge is 2.16. The van der Waals surface area contributed by atoms with Crippen molar-refractivity contribution >= 4 is 17.8 Å². The molecule has 124 valence electrons. The molecule has 0 N–H and O–H groups in total. The van der Waals surface area contributed by atoms with Gasteiger partial charge < -0.3 is 9.47 Å². The minimum atomic E-state index is -0.183. The van der Waals surface area contributed by atoms with Gasteiger partial charge >= 0.3 is 5.97 Å². The number of esters is 1. The maximum Gasteiger partial charge on any atom is 0.310 e. The largest absolute Gasteiger partial charge is 0.493 e. The van der Waals surface area contributed by atoms with Gasteiger partial charge in [0.2, 0.25) is 0 Å². The van der Waals surface area contributed by atoms with Gasteiger partial charge in [0.15, 0.2) is 0 Å². The third-order valence-electron chi connectivity index (χ3n) is 4.11. The van der Waals surface area contributed by atoms with Crippen molar-refractivity contribution < 1.29 is 14.3 Å². The monoisotopic (exact) mass is 322 g/mol. The lowest BCUT2D eigenvalue weighted by molar-refractivity contribution is -0.142. The van der Waals surface area contributed by atoms with Gasteiger partial charge in [0.25, 0.3) is 0 Å². The Kier molecular flexibility index (Phi) is 4.99. The Labute approximate surface area is 142 Å². The van der Waals surface area contributed by atoms with Crippen LogP contribution in [0, 0.1) is 0 Å². The van der Waals surface area contributed by atoms with Crippen LogP contribution in [-0.2, 0) is 27.1 Å². The fourth-order valence-electron chi connectivity index (χ4n) is 3.06. The molecule has 0 fully saturated rings. The Morgan fingerprint density at radius 3 is 2.67 bits per heavy atom. The fraction of sp³-hybridized carbons (Fsp3) is 0.286. The predicted octanol–water partition coefficient (Wildman–Crippen LogP) is 4.23. The summed E-state index contributed by atoms with van der Waals surface area (Å²) in [4.78, 5) is 11.7. The summed E-state index contributed by atoms with van der Waals surface area (Å²) in [6, 6.07) is 14.5. The molecule has 0 spiro atoms. The van der Waals surface area contributed by atoms with Crippen molar-refractivity contribution in [2.24, 2.45) is 0 Å². The quantitative estimate of drug-likeness (QED) is 0.773. The number of carbonyl (C=O) groups is 1. The Morgan fingerprint density at radius 2 is 1.88 bits per heavy atom. The molecule has 0 amide bonds. The maximum atomic E-state index is 11.7. The van der Waals surface area contributed by atoms with Crippen molar-refractivity contribution in [2.45, 2.75) is 26.7 Å². The van der Waals surface area contributed by atoms with Crippen LogP contribution in [0.5, 0.6) is 0 Å². The minimum absolute atomic E-state index is 0.183. The highest BCUT2D eigenvalue weighted by Crippen LogP contribution is 2.31. The van der Waals surface area contributed by atoms with Gasteiger partial charge in [0.1, 0.15) is 5.76 Å². The van der Waals surface area contributed by atoms with Gasteiger partial charge in [-0.3, -0.25) is 4.79 Å². The van der Waals surface area contributed by atoms with Crippen molar-refractivity contribution in [3.05, 3.63) is 70.3 Å². The molecule has 0 aromatic heterocycles. The maximum absolute atomic E-state index is 11.7. The van der Waals surface area contributed by atoms with Gasteiger partial charge in [-0.1, -0.05) is 42.5 Å². The van der Waals surface area contributed by atoms with Crippen LogP contribution in [-0.4, -0.2) is 19.2 Å². The van der Waals surface area contributed by atoms with Crippen molar-refractivity contribution in [3.8, 4) is 0 Å². The molecule has 1 aliphatic carbocycles. The van der Waals surface area contributed by atoms with Crippen LogP contribution in [0.15, 0.2) is 42.5 Å². The molecule has 3 rings (SSSR count). The molecule has 0 heterocycles. The molecule has 0 unspecified atom stereocenters. The molecule has 0 radical (unpaired) electrons. The van der Waals surface area contributed by atoms with Crippen LogP contribution < -0.4 is 0 Å². The molecule has 0 aliphatic heterocycles. The van der Waals surface area contributed by atoms with Crippen LogP contribution in [0.2, 0.25) is 0 Å². The molecule has 0 saturated heterocycles. The molecule has 0 saturated carbocycles. The van der Waals surface area contributed by atoms with E-state index in [0.717, 1.165) is 28.9 Å². The van der Waals surface area contributed by atoms with Gasteiger partial charge in [-0.15, -0.1) is 0 Å². The second kappa shape index (κ2) is 7.35. The highest BCUT2D eigenvalue weighted by molar-refractivity contribution is 5.82. The molecule has 1 aliphatic rings. The molecule has 2 aromatic rings. The van der Waals surface area contributed by atoms with E-state index in [0.29, 0.717) is 19.6 Å². The third kappa shape index (κ3) is 3.51. The summed E-state index contributed by atoms with van der Waals surface area (Å²) in [5.74, 6) is 0.724. The van der Waals surface area contributed by atoms with Gasteiger partial charge in [0, 0.05) is 5.56 Å². The minimum Gasteiger partial charge on any atom is -0.493 e. The summed E-state index contributed by atoms with van der Waals surface area (Å²) in [6.45, 7) is 4.87. The summed E-state index contributed by atoms with van der Waals surface area (Å²) >= 11 is 0. The molecular weight excluding hydrogens is 300 g/mol. The topological polar surface area (TPSA) is 35.5 Å². The summed E-state index contributed by atoms with van der Waals surface area (Å²) in [6.07, 6.45) is 3.23. The zero-order valence-electron chi connectivity index (χ0n) is 14.2. The van der Waals surface area contributed by atoms with E-state index in [1.807, 2.05) is 26.0 Å². The second-order valence-corrected chi connectivity index (χ2v) is 5.79. The van der Waals surface area contributed by atoms with E-state index in [1.165, 1.54) is 11.1 Å². The Balaban J connectivity index is 1.97. The highest BCUT2D eigenvalue weighted by atomic mass is 16.5. The number of hydrogen-bond donors (Lipinski definition) is 0. The normalized spacial score (nSPS) is 12.5. The van der Waals surface area contributed by atoms with E-state index in [4.69, 9.17) is 9.47 Å². The molecule has 3 heteroatoms. The van der Waals surface area contributed by atoms with Crippen molar-refractivity contribution in [1.82, 2.24) is 0 Å². The lowest BCUT2D eigenvalue weighted by Crippen LogP contribution is -2.08. The number of benzene rings is 2. The third-order valence-corrected chi connectivity index (χ3v) is 4.11. The summed E-state index contributed by atoms with van der Waals surface area (Å²) in [5.41, 5.74) is 5.71. The number of fused-ring (bicyclic) bond motifs is 2. The standard InChI is InChI=1S/C21H22O3/c1-3-23-20-14-16-10-9-15(12-21(22)24-4-2)11-18(16)13-17-7-5-6-8-19(17)20/h5-11,14H,3-4,12-13H2,1-2H3. The lowest BCUT2D eigenvalue weighted by atomic mass is 9.97. The average Bonchev–Trinajstić information content (AvgIpc) is 2.72. The van der Waals surface area contributed by atoms with Crippen molar-refractivity contribution in [2.75, 3.05) is 13.2 Å². The van der Waals surface area contributed by atoms with E-state index < -0.39 is 0 Å². The number of carbonyl (C=O) groups excluding carboxylic acids is 1. The fourth-order valence-corrected chi connectivity index (χ4v) is 3.06. The number of hydrogen-bond acceptors (Lipinski definition) is 3. The Hall–Kier alpha value is -2.55. The molecular formula is C21H22O3. The first kappa shape index (κ1) is 16.3. The molecule has 0 atom stereocenters. The second-order valence-electron chi connectivity index (χ2n) is 5.79. The number of rotatable bonds is 5. The lowest BCUT2D eigenvalue weighted by Gasteiger charge is -2.10. The van der Waals surface area contributed by atoms with Gasteiger partial charge in [0.05, 0.1) is 19.6 Å². The van der Waals surface area contributed by atoms with Crippen molar-refractivity contribution in [1.29, 1.82) is 0 Å². The average molecular weight is 322 g/mol. The first-order chi connectivity index (χ1) is 11.7. The molecule has 0 bridgehead atoms. The van der Waals surface area contributed by atoms with Gasteiger partial charge in [-0.25, -0.2) is 0 Å². The zero-order chi connectivity index (χ0) is 16.9. The van der Waals surface area contributed by atoms with E-state index >= 15 is 0 Å². The first-order valence-corrected chi connectivity index (χ1v) is 8.41. The summed E-state index contributed by atoms with van der Waals surface area (Å²) < 4.78 is 10.9. The summed E-state index contributed by atoms with van der Waals surface area (Å²) in [5, 5.41) is 0. The van der Waals surface area contributed by atoms with E-state index in [9.17, 15) is 4.79 Å². The van der Waals surface area contributed by atoms with Crippen LogP contribution in [0.4, 0.5) is 0 Å². The van der Waals surface area contributed by atoms with E-state index in [2.05, 4.69) is 36.4 Å². The predicted molar refractivity (Wildman–Crippen MR) is 95.5 cm³/mol. The molecule has 24 heavy (non-hydrogen) atoms. The van der Waals surface area contributed by atoms with Crippen molar-refractivity contribution in [3.63, 3.8) is 0 Å². The SMILES string of the molecule is CCOC(=O)Cc1ccc2c(c1)Cc1ccccc1C(OCC)=C2. The van der Waals surface area contributed by atoms with Gasteiger partial charge in [-0.05, 0) is 48.6 Å². The zero-order valence-corrected chi connectivity index (χ0v) is 14.2. The van der Waals surface area contributed by atoms with Crippen LogP contribution in [0.1, 0.15) is 41.7 Å². The first-order valence-electron chi connectivity index (χ1n) is 8.41. The van der Waals surface area contributed by atoms with Crippen LogP contribution >= 0.6 is 0 Å². The molecule has 3 nitrogen and oxygen atoms in total. The smallest absolute Gasteiger partial charge is 0.310 e. The van der Waals surface area contributed by atoms with Crippen LogP contribution in [0.25, 0.3) is 11.8 Å². The molecule has 2 aromatic carbocycles. The van der Waals surface area contributed by atoms with Crippen LogP contribution in [0.3, 0.4) is 0 Å². The summed E-state index contributed by atoms with van der Waals surface area (Å²) in [7, 11) is 0. The van der Waals surface area contributed by atoms with E-state index in [-0.39, 0.29) is 5.97 Å². The Bertz CT molecular complexity index is 774.